The van der Waals surface area contributed by atoms with Gasteiger partial charge in [0.05, 0.1) is 17.1 Å². The predicted molar refractivity (Wildman–Crippen MR) is 114 cm³/mol. The maximum atomic E-state index is 12.8. The van der Waals surface area contributed by atoms with Crippen molar-refractivity contribution in [3.8, 4) is 10.7 Å². The van der Waals surface area contributed by atoms with Gasteiger partial charge < -0.3 is 14.7 Å². The van der Waals surface area contributed by atoms with Crippen molar-refractivity contribution in [1.82, 2.24) is 15.5 Å². The van der Waals surface area contributed by atoms with Crippen molar-refractivity contribution >= 4 is 39.6 Å². The zero-order valence-electron chi connectivity index (χ0n) is 16.0. The number of amides is 2. The number of nitrogens with one attached hydrogen (secondary N) is 1. The summed E-state index contributed by atoms with van der Waals surface area (Å²) in [7, 11) is 0. The Bertz CT molecular complexity index is 1230. The monoisotopic (exact) mass is 418 g/mol. The second-order valence-electron chi connectivity index (χ2n) is 7.01. The summed E-state index contributed by atoms with van der Waals surface area (Å²) in [6, 6.07) is 15.5. The number of carbonyl (C=O) groups is 2. The van der Waals surface area contributed by atoms with Crippen LogP contribution in [0.4, 0.5) is 5.69 Å². The summed E-state index contributed by atoms with van der Waals surface area (Å²) in [5.74, 6) is 0.765. The Balaban J connectivity index is 1.15. The fraction of sp³-hybridized carbons (Fsp3) is 0.182. The van der Waals surface area contributed by atoms with Gasteiger partial charge in [-0.15, -0.1) is 11.3 Å². The zero-order chi connectivity index (χ0) is 20.5. The number of thiophene rings is 1. The van der Waals surface area contributed by atoms with Gasteiger partial charge in [0.1, 0.15) is 0 Å². The van der Waals surface area contributed by atoms with Gasteiger partial charge >= 0.3 is 0 Å². The number of hydrogen-bond donors (Lipinski definition) is 1. The molecule has 30 heavy (non-hydrogen) atoms. The first-order chi connectivity index (χ1) is 14.7. The molecule has 2 amide bonds. The number of carbonyl (C=O) groups excluding carboxylic acids is 2. The van der Waals surface area contributed by atoms with E-state index in [4.69, 9.17) is 4.52 Å². The minimum Gasteiger partial charge on any atom is -0.347 e. The molecule has 0 spiro atoms. The summed E-state index contributed by atoms with van der Waals surface area (Å²) >= 11 is 1.53. The fourth-order valence-electron chi connectivity index (χ4n) is 3.69. The first-order valence-corrected chi connectivity index (χ1v) is 10.6. The lowest BCUT2D eigenvalue weighted by atomic mass is 10.1. The molecule has 2 aromatic carbocycles. The van der Waals surface area contributed by atoms with Crippen LogP contribution in [0.15, 0.2) is 58.4 Å². The van der Waals surface area contributed by atoms with Crippen LogP contribution < -0.4 is 10.2 Å². The molecule has 0 bridgehead atoms. The number of aromatic nitrogens is 2. The average Bonchev–Trinajstić information content (AvgIpc) is 3.50. The van der Waals surface area contributed by atoms with Gasteiger partial charge in [0, 0.05) is 23.9 Å². The van der Waals surface area contributed by atoms with E-state index in [2.05, 4.69) is 15.5 Å². The second-order valence-corrected chi connectivity index (χ2v) is 7.95. The third-order valence-corrected chi connectivity index (χ3v) is 5.95. The molecule has 5 rings (SSSR count). The van der Waals surface area contributed by atoms with Gasteiger partial charge in [-0.05, 0) is 35.4 Å². The molecule has 0 radical (unpaired) electrons. The van der Waals surface area contributed by atoms with Crippen LogP contribution in [0.1, 0.15) is 29.1 Å². The van der Waals surface area contributed by atoms with Crippen LogP contribution in [0, 0.1) is 0 Å². The van der Waals surface area contributed by atoms with Crippen LogP contribution in [0.2, 0.25) is 0 Å². The quantitative estimate of drug-likeness (QED) is 0.490. The topological polar surface area (TPSA) is 88.3 Å². The van der Waals surface area contributed by atoms with E-state index in [9.17, 15) is 9.59 Å². The molecule has 0 fully saturated rings. The summed E-state index contributed by atoms with van der Waals surface area (Å²) in [5.41, 5.74) is 1.64. The van der Waals surface area contributed by atoms with E-state index < -0.39 is 0 Å². The van der Waals surface area contributed by atoms with Gasteiger partial charge in [-0.3, -0.25) is 9.59 Å². The number of anilines is 1. The summed E-state index contributed by atoms with van der Waals surface area (Å²) in [6.45, 7) is 0.674. The Kier molecular flexibility index (Phi) is 4.76. The minimum absolute atomic E-state index is 0.00539. The van der Waals surface area contributed by atoms with Crippen LogP contribution >= 0.6 is 11.3 Å². The highest BCUT2D eigenvalue weighted by Gasteiger charge is 2.29. The molecule has 1 aliphatic rings. The maximum absolute atomic E-state index is 12.8. The third-order valence-electron chi connectivity index (χ3n) is 5.08. The smallest absolute Gasteiger partial charge is 0.258 e. The Morgan fingerprint density at radius 3 is 2.83 bits per heavy atom. The van der Waals surface area contributed by atoms with Crippen molar-refractivity contribution in [2.75, 3.05) is 11.4 Å². The van der Waals surface area contributed by atoms with Gasteiger partial charge in [0.25, 0.3) is 5.91 Å². The normalized spacial score (nSPS) is 12.7. The SMILES string of the molecule is O=C(CCCN1C(=O)c2cccc3cccc1c23)NCc1nc(-c2cccs2)no1. The summed E-state index contributed by atoms with van der Waals surface area (Å²) < 4.78 is 5.18. The molecule has 4 aromatic rings. The average molecular weight is 418 g/mol. The minimum atomic E-state index is -0.117. The van der Waals surface area contributed by atoms with Crippen molar-refractivity contribution < 1.29 is 14.1 Å². The van der Waals surface area contributed by atoms with Crippen LogP contribution in [0.5, 0.6) is 0 Å². The molecule has 0 saturated heterocycles. The first-order valence-electron chi connectivity index (χ1n) is 9.67. The summed E-state index contributed by atoms with van der Waals surface area (Å²) in [4.78, 5) is 31.9. The van der Waals surface area contributed by atoms with E-state index in [1.54, 1.807) is 4.90 Å². The van der Waals surface area contributed by atoms with Gasteiger partial charge in [0.15, 0.2) is 0 Å². The molecule has 7 nitrogen and oxygen atoms in total. The first kappa shape index (κ1) is 18.5. The molecular weight excluding hydrogens is 400 g/mol. The Hall–Kier alpha value is -3.52. The van der Waals surface area contributed by atoms with Crippen molar-refractivity contribution in [3.05, 3.63) is 65.4 Å². The number of rotatable bonds is 7. The van der Waals surface area contributed by atoms with Crippen molar-refractivity contribution in [2.24, 2.45) is 0 Å². The molecule has 0 aliphatic carbocycles. The molecule has 3 heterocycles. The Morgan fingerprint density at radius 1 is 1.13 bits per heavy atom. The lowest BCUT2D eigenvalue weighted by Crippen LogP contribution is -2.29. The second kappa shape index (κ2) is 7.72. The molecule has 0 atom stereocenters. The molecular formula is C22H18N4O3S. The fourth-order valence-corrected chi connectivity index (χ4v) is 4.34. The van der Waals surface area contributed by atoms with Gasteiger partial charge in [-0.1, -0.05) is 35.5 Å². The third kappa shape index (κ3) is 3.35. The predicted octanol–water partition coefficient (Wildman–Crippen LogP) is 4.01. The summed E-state index contributed by atoms with van der Waals surface area (Å²) in [5, 5.41) is 10.7. The zero-order valence-corrected chi connectivity index (χ0v) is 16.8. The standard InChI is InChI=1S/C22H18N4O3S/c27-18(23-13-19-24-21(25-29-19)17-9-4-12-30-17)10-3-11-26-16-8-2-6-14-5-1-7-15(20(14)16)22(26)28/h1-2,4-9,12H,3,10-11,13H2,(H,23,27). The number of benzene rings is 2. The van der Waals surface area contributed by atoms with E-state index in [1.165, 1.54) is 11.3 Å². The lowest BCUT2D eigenvalue weighted by Gasteiger charge is -2.17. The lowest BCUT2D eigenvalue weighted by molar-refractivity contribution is -0.121. The van der Waals surface area contributed by atoms with Crippen molar-refractivity contribution in [3.63, 3.8) is 0 Å². The van der Waals surface area contributed by atoms with Crippen LogP contribution in [0.3, 0.4) is 0 Å². The van der Waals surface area contributed by atoms with Gasteiger partial charge in [0.2, 0.25) is 17.6 Å². The Morgan fingerprint density at radius 2 is 2.00 bits per heavy atom. The largest absolute Gasteiger partial charge is 0.347 e. The van der Waals surface area contributed by atoms with E-state index in [-0.39, 0.29) is 18.4 Å². The van der Waals surface area contributed by atoms with Crippen molar-refractivity contribution in [1.29, 1.82) is 0 Å². The van der Waals surface area contributed by atoms with Gasteiger partial charge in [-0.25, -0.2) is 0 Å². The maximum Gasteiger partial charge on any atom is 0.258 e. The molecule has 8 heteroatoms. The van der Waals surface area contributed by atoms with Crippen LogP contribution in [-0.4, -0.2) is 28.5 Å². The molecule has 0 saturated carbocycles. The van der Waals surface area contributed by atoms with E-state index in [1.807, 2.05) is 53.9 Å². The number of hydrogen-bond acceptors (Lipinski definition) is 6. The van der Waals surface area contributed by atoms with E-state index >= 15 is 0 Å². The van der Waals surface area contributed by atoms with Crippen molar-refractivity contribution in [2.45, 2.75) is 19.4 Å². The highest BCUT2D eigenvalue weighted by atomic mass is 32.1. The van der Waals surface area contributed by atoms with Crippen LogP contribution in [-0.2, 0) is 11.3 Å². The molecule has 0 unspecified atom stereocenters. The molecule has 150 valence electrons. The molecule has 1 aliphatic heterocycles. The van der Waals surface area contributed by atoms with E-state index in [0.29, 0.717) is 31.1 Å². The highest BCUT2D eigenvalue weighted by Crippen LogP contribution is 2.37. The Labute approximate surface area is 176 Å². The number of nitrogens with zero attached hydrogens (tertiary/aromatic N) is 3. The molecule has 1 N–H and O–H groups in total. The van der Waals surface area contributed by atoms with Gasteiger partial charge in [-0.2, -0.15) is 4.98 Å². The van der Waals surface area contributed by atoms with Crippen LogP contribution in [0.25, 0.3) is 21.5 Å². The summed E-state index contributed by atoms with van der Waals surface area (Å²) in [6.07, 6.45) is 0.869. The highest BCUT2D eigenvalue weighted by molar-refractivity contribution is 7.13. The van der Waals surface area contributed by atoms with E-state index in [0.717, 1.165) is 26.9 Å². The molecule has 2 aromatic heterocycles.